The Morgan fingerprint density at radius 3 is 2.44 bits per heavy atom. The molecule has 4 heteroatoms. The summed E-state index contributed by atoms with van der Waals surface area (Å²) in [5, 5.41) is 5.09. The molecule has 16 heavy (non-hydrogen) atoms. The first-order chi connectivity index (χ1) is 7.56. The third kappa shape index (κ3) is 3.81. The number of benzene rings is 1. The van der Waals surface area contributed by atoms with Gasteiger partial charge in [-0.2, -0.15) is 0 Å². The molecule has 0 aromatic heterocycles. The summed E-state index contributed by atoms with van der Waals surface area (Å²) in [7, 11) is 0. The predicted octanol–water partition coefficient (Wildman–Crippen LogP) is 4.78. The van der Waals surface area contributed by atoms with Crippen LogP contribution in [0.3, 0.4) is 0 Å². The third-order valence-corrected chi connectivity index (χ3v) is 3.83. The molecule has 1 unspecified atom stereocenters. The molecule has 90 valence electrons. The largest absolute Gasteiger partial charge is 0.312 e. The molecule has 0 aliphatic rings. The molecule has 0 fully saturated rings. The molecule has 0 saturated heterocycles. The maximum Gasteiger partial charge on any atom is 0.0652 e. The number of hydrogen-bond acceptors (Lipinski definition) is 1. The van der Waals surface area contributed by atoms with Crippen LogP contribution in [0.1, 0.15) is 25.8 Å². The SMILES string of the molecule is CCC(C)CNCc1c(Cl)ccc(Cl)c1Cl. The van der Waals surface area contributed by atoms with Gasteiger partial charge < -0.3 is 5.32 Å². The Bertz CT molecular complexity index is 352. The molecule has 1 N–H and O–H groups in total. The second-order valence-corrected chi connectivity index (χ2v) is 5.16. The summed E-state index contributed by atoms with van der Waals surface area (Å²) in [6.07, 6.45) is 1.16. The third-order valence-electron chi connectivity index (χ3n) is 2.63. The molecule has 0 saturated carbocycles. The van der Waals surface area contributed by atoms with Crippen molar-refractivity contribution in [1.82, 2.24) is 5.32 Å². The molecule has 0 aliphatic heterocycles. The molecule has 0 bridgehead atoms. The van der Waals surface area contributed by atoms with Crippen molar-refractivity contribution in [1.29, 1.82) is 0 Å². The van der Waals surface area contributed by atoms with E-state index in [1.165, 1.54) is 0 Å². The Morgan fingerprint density at radius 2 is 1.81 bits per heavy atom. The maximum atomic E-state index is 6.09. The van der Waals surface area contributed by atoms with Gasteiger partial charge in [0.25, 0.3) is 0 Å². The van der Waals surface area contributed by atoms with Gasteiger partial charge in [0, 0.05) is 17.1 Å². The first-order valence-corrected chi connectivity index (χ1v) is 6.52. The van der Waals surface area contributed by atoms with E-state index in [0.717, 1.165) is 18.5 Å². The van der Waals surface area contributed by atoms with Gasteiger partial charge in [-0.05, 0) is 24.6 Å². The van der Waals surface area contributed by atoms with Crippen LogP contribution in [0.4, 0.5) is 0 Å². The van der Waals surface area contributed by atoms with Crippen LogP contribution in [-0.4, -0.2) is 6.54 Å². The fourth-order valence-corrected chi connectivity index (χ4v) is 2.00. The average Bonchev–Trinajstić information content (AvgIpc) is 2.28. The van der Waals surface area contributed by atoms with Gasteiger partial charge in [-0.1, -0.05) is 55.1 Å². The molecule has 0 heterocycles. The van der Waals surface area contributed by atoms with Gasteiger partial charge in [0.2, 0.25) is 0 Å². The molecule has 0 spiro atoms. The van der Waals surface area contributed by atoms with Crippen molar-refractivity contribution in [3.63, 3.8) is 0 Å². The van der Waals surface area contributed by atoms with Crippen molar-refractivity contribution in [2.75, 3.05) is 6.54 Å². The van der Waals surface area contributed by atoms with E-state index in [4.69, 9.17) is 34.8 Å². The Labute approximate surface area is 112 Å². The molecule has 0 amide bonds. The molecule has 1 nitrogen and oxygen atoms in total. The van der Waals surface area contributed by atoms with E-state index < -0.39 is 0 Å². The fraction of sp³-hybridized carbons (Fsp3) is 0.500. The van der Waals surface area contributed by atoms with Crippen LogP contribution in [0, 0.1) is 5.92 Å². The maximum absolute atomic E-state index is 6.09. The average molecular weight is 281 g/mol. The molecular formula is C12H16Cl3N. The first-order valence-electron chi connectivity index (χ1n) is 5.39. The van der Waals surface area contributed by atoms with Crippen LogP contribution < -0.4 is 5.32 Å². The molecule has 1 rings (SSSR count). The molecular weight excluding hydrogens is 264 g/mol. The van der Waals surface area contributed by atoms with E-state index in [1.54, 1.807) is 12.1 Å². The summed E-state index contributed by atoms with van der Waals surface area (Å²) >= 11 is 18.1. The summed E-state index contributed by atoms with van der Waals surface area (Å²) < 4.78 is 0. The highest BCUT2D eigenvalue weighted by Gasteiger charge is 2.09. The van der Waals surface area contributed by atoms with Crippen LogP contribution in [0.25, 0.3) is 0 Å². The molecule has 1 atom stereocenters. The van der Waals surface area contributed by atoms with Gasteiger partial charge in [-0.15, -0.1) is 0 Å². The minimum Gasteiger partial charge on any atom is -0.312 e. The predicted molar refractivity (Wildman–Crippen MR) is 72.6 cm³/mol. The lowest BCUT2D eigenvalue weighted by atomic mass is 10.1. The summed E-state index contributed by atoms with van der Waals surface area (Å²) in [5.41, 5.74) is 0.874. The summed E-state index contributed by atoms with van der Waals surface area (Å²) in [5.74, 6) is 0.650. The molecule has 1 aromatic rings. The highest BCUT2D eigenvalue weighted by molar-refractivity contribution is 6.44. The zero-order valence-corrected chi connectivity index (χ0v) is 11.8. The van der Waals surface area contributed by atoms with Crippen molar-refractivity contribution in [2.24, 2.45) is 5.92 Å². The Hall–Kier alpha value is 0.0500. The normalized spacial score (nSPS) is 12.8. The standard InChI is InChI=1S/C12H16Cl3N/c1-3-8(2)6-16-7-9-10(13)4-5-11(14)12(9)15/h4-5,8,16H,3,6-7H2,1-2H3. The highest BCUT2D eigenvalue weighted by Crippen LogP contribution is 2.31. The lowest BCUT2D eigenvalue weighted by Gasteiger charge is -2.12. The number of nitrogens with one attached hydrogen (secondary N) is 1. The minimum atomic E-state index is 0.547. The van der Waals surface area contributed by atoms with Gasteiger partial charge in [0.1, 0.15) is 0 Å². The van der Waals surface area contributed by atoms with Crippen LogP contribution >= 0.6 is 34.8 Å². The number of halogens is 3. The number of rotatable bonds is 5. The first kappa shape index (κ1) is 14.1. The van der Waals surface area contributed by atoms with E-state index in [-0.39, 0.29) is 0 Å². The van der Waals surface area contributed by atoms with Crippen molar-refractivity contribution < 1.29 is 0 Å². The smallest absolute Gasteiger partial charge is 0.0652 e. The van der Waals surface area contributed by atoms with Crippen molar-refractivity contribution in [3.05, 3.63) is 32.8 Å². The van der Waals surface area contributed by atoms with Gasteiger partial charge >= 0.3 is 0 Å². The quantitative estimate of drug-likeness (QED) is 0.765. The van der Waals surface area contributed by atoms with Crippen molar-refractivity contribution in [3.8, 4) is 0 Å². The zero-order valence-electron chi connectivity index (χ0n) is 9.49. The molecule has 0 aliphatic carbocycles. The lowest BCUT2D eigenvalue weighted by molar-refractivity contribution is 0.500. The summed E-state index contributed by atoms with van der Waals surface area (Å²) in [6, 6.07) is 3.49. The van der Waals surface area contributed by atoms with E-state index in [9.17, 15) is 0 Å². The Balaban J connectivity index is 2.63. The molecule has 0 radical (unpaired) electrons. The van der Waals surface area contributed by atoms with E-state index in [0.29, 0.717) is 27.5 Å². The van der Waals surface area contributed by atoms with E-state index in [2.05, 4.69) is 19.2 Å². The van der Waals surface area contributed by atoms with Crippen LogP contribution in [0.2, 0.25) is 15.1 Å². The van der Waals surface area contributed by atoms with Gasteiger partial charge in [-0.25, -0.2) is 0 Å². The zero-order chi connectivity index (χ0) is 12.1. The van der Waals surface area contributed by atoms with E-state index >= 15 is 0 Å². The Kier molecular flexibility index (Phi) is 5.91. The molecule has 1 aromatic carbocycles. The summed E-state index contributed by atoms with van der Waals surface area (Å²) in [6.45, 7) is 5.98. The minimum absolute atomic E-state index is 0.547. The van der Waals surface area contributed by atoms with Gasteiger partial charge in [0.05, 0.1) is 10.0 Å². The fourth-order valence-electron chi connectivity index (χ4n) is 1.32. The monoisotopic (exact) mass is 279 g/mol. The highest BCUT2D eigenvalue weighted by atomic mass is 35.5. The topological polar surface area (TPSA) is 12.0 Å². The van der Waals surface area contributed by atoms with Gasteiger partial charge in [-0.3, -0.25) is 0 Å². The Morgan fingerprint density at radius 1 is 1.19 bits per heavy atom. The van der Waals surface area contributed by atoms with Gasteiger partial charge in [0.15, 0.2) is 0 Å². The van der Waals surface area contributed by atoms with Crippen molar-refractivity contribution >= 4 is 34.8 Å². The summed E-state index contributed by atoms with van der Waals surface area (Å²) in [4.78, 5) is 0. The van der Waals surface area contributed by atoms with E-state index in [1.807, 2.05) is 0 Å². The van der Waals surface area contributed by atoms with Crippen molar-refractivity contribution in [2.45, 2.75) is 26.8 Å². The van der Waals surface area contributed by atoms with Crippen LogP contribution in [0.15, 0.2) is 12.1 Å². The second-order valence-electron chi connectivity index (χ2n) is 3.97. The van der Waals surface area contributed by atoms with Crippen LogP contribution in [0.5, 0.6) is 0 Å². The lowest BCUT2D eigenvalue weighted by Crippen LogP contribution is -2.20. The van der Waals surface area contributed by atoms with Crippen LogP contribution in [-0.2, 0) is 6.54 Å². The second kappa shape index (κ2) is 6.70. The number of hydrogen-bond donors (Lipinski definition) is 1.